The molecule has 16 heavy (non-hydrogen) atoms. The molecule has 3 atom stereocenters. The van der Waals surface area contributed by atoms with E-state index in [2.05, 4.69) is 32.6 Å². The number of nitrogens with two attached hydrogens (primary N) is 1. The van der Waals surface area contributed by atoms with Gasteiger partial charge in [-0.1, -0.05) is 13.8 Å². The molecule has 1 fully saturated rings. The van der Waals surface area contributed by atoms with E-state index in [-0.39, 0.29) is 0 Å². The van der Waals surface area contributed by atoms with E-state index in [1.165, 1.54) is 6.42 Å². The molecule has 1 unspecified atom stereocenters. The summed E-state index contributed by atoms with van der Waals surface area (Å²) >= 11 is 0. The van der Waals surface area contributed by atoms with Gasteiger partial charge in [0, 0.05) is 19.6 Å². The Bertz CT molecular complexity index is 186. The van der Waals surface area contributed by atoms with E-state index < -0.39 is 0 Å². The number of morpholine rings is 1. The van der Waals surface area contributed by atoms with Crippen LogP contribution >= 0.6 is 0 Å². The van der Waals surface area contributed by atoms with E-state index in [1.54, 1.807) is 0 Å². The van der Waals surface area contributed by atoms with Crippen molar-refractivity contribution in [2.75, 3.05) is 26.2 Å². The lowest BCUT2D eigenvalue weighted by Gasteiger charge is -2.37. The number of ether oxygens (including phenoxy) is 1. The molecule has 96 valence electrons. The fraction of sp³-hybridized carbons (Fsp3) is 1.00. The molecule has 1 aliphatic rings. The SMILES string of the molecule is CC(C)CC(CN)CN1C[C@@H](C)O[C@@H](C)C1. The van der Waals surface area contributed by atoms with Gasteiger partial charge < -0.3 is 10.5 Å². The summed E-state index contributed by atoms with van der Waals surface area (Å²) in [5.41, 5.74) is 5.85. The van der Waals surface area contributed by atoms with Gasteiger partial charge >= 0.3 is 0 Å². The topological polar surface area (TPSA) is 38.5 Å². The van der Waals surface area contributed by atoms with E-state index in [0.717, 1.165) is 32.1 Å². The van der Waals surface area contributed by atoms with Crippen molar-refractivity contribution in [3.8, 4) is 0 Å². The molecule has 0 bridgehead atoms. The minimum absolute atomic E-state index is 0.362. The van der Waals surface area contributed by atoms with Gasteiger partial charge in [-0.25, -0.2) is 0 Å². The van der Waals surface area contributed by atoms with Crippen molar-refractivity contribution in [1.82, 2.24) is 4.90 Å². The summed E-state index contributed by atoms with van der Waals surface area (Å²) in [6, 6.07) is 0. The quantitative estimate of drug-likeness (QED) is 0.778. The van der Waals surface area contributed by atoms with Crippen LogP contribution in [0, 0.1) is 11.8 Å². The first-order valence-electron chi connectivity index (χ1n) is 6.59. The third kappa shape index (κ3) is 4.81. The van der Waals surface area contributed by atoms with E-state index in [1.807, 2.05) is 0 Å². The third-order valence-corrected chi connectivity index (χ3v) is 3.15. The molecule has 1 aliphatic heterocycles. The Balaban J connectivity index is 2.38. The number of hydrogen-bond donors (Lipinski definition) is 1. The van der Waals surface area contributed by atoms with Crippen LogP contribution in [0.1, 0.15) is 34.1 Å². The highest BCUT2D eigenvalue weighted by Crippen LogP contribution is 2.16. The van der Waals surface area contributed by atoms with Crippen LogP contribution in [-0.2, 0) is 4.74 Å². The Morgan fingerprint density at radius 2 is 1.81 bits per heavy atom. The molecule has 0 aliphatic carbocycles. The van der Waals surface area contributed by atoms with Gasteiger partial charge in [-0.05, 0) is 38.6 Å². The van der Waals surface area contributed by atoms with E-state index >= 15 is 0 Å². The van der Waals surface area contributed by atoms with Gasteiger partial charge in [-0.2, -0.15) is 0 Å². The van der Waals surface area contributed by atoms with Crippen molar-refractivity contribution in [2.45, 2.75) is 46.3 Å². The van der Waals surface area contributed by atoms with Gasteiger partial charge in [0.15, 0.2) is 0 Å². The zero-order valence-electron chi connectivity index (χ0n) is 11.3. The summed E-state index contributed by atoms with van der Waals surface area (Å²) in [5.74, 6) is 1.38. The predicted molar refractivity (Wildman–Crippen MR) is 68.4 cm³/mol. The fourth-order valence-corrected chi connectivity index (χ4v) is 2.71. The van der Waals surface area contributed by atoms with Crippen molar-refractivity contribution < 1.29 is 4.74 Å². The first kappa shape index (κ1) is 13.9. The molecule has 0 saturated carbocycles. The minimum atomic E-state index is 0.362. The third-order valence-electron chi connectivity index (χ3n) is 3.15. The standard InChI is InChI=1S/C13H28N2O/c1-10(2)5-13(6-14)9-15-7-11(3)16-12(4)8-15/h10-13H,5-9,14H2,1-4H3/t11-,12+,13?. The first-order chi connectivity index (χ1) is 7.51. The van der Waals surface area contributed by atoms with Crippen LogP contribution < -0.4 is 5.73 Å². The van der Waals surface area contributed by atoms with Crippen molar-refractivity contribution in [1.29, 1.82) is 0 Å². The zero-order chi connectivity index (χ0) is 12.1. The smallest absolute Gasteiger partial charge is 0.0678 e. The molecular formula is C13H28N2O. The summed E-state index contributed by atoms with van der Waals surface area (Å²) in [6.07, 6.45) is 1.96. The maximum Gasteiger partial charge on any atom is 0.0678 e. The van der Waals surface area contributed by atoms with E-state index in [4.69, 9.17) is 10.5 Å². The molecular weight excluding hydrogens is 200 g/mol. The van der Waals surface area contributed by atoms with Gasteiger partial charge in [-0.15, -0.1) is 0 Å². The molecule has 1 saturated heterocycles. The summed E-state index contributed by atoms with van der Waals surface area (Å²) < 4.78 is 5.74. The van der Waals surface area contributed by atoms with Crippen LogP contribution in [0.3, 0.4) is 0 Å². The number of rotatable bonds is 5. The Morgan fingerprint density at radius 3 is 2.25 bits per heavy atom. The van der Waals surface area contributed by atoms with Crippen molar-refractivity contribution in [3.63, 3.8) is 0 Å². The second kappa shape index (κ2) is 6.58. The molecule has 0 spiro atoms. The van der Waals surface area contributed by atoms with E-state index in [9.17, 15) is 0 Å². The molecule has 0 aromatic rings. The average Bonchev–Trinajstić information content (AvgIpc) is 2.14. The molecule has 0 radical (unpaired) electrons. The lowest BCUT2D eigenvalue weighted by molar-refractivity contribution is -0.0716. The van der Waals surface area contributed by atoms with Crippen LogP contribution in [-0.4, -0.2) is 43.3 Å². The summed E-state index contributed by atoms with van der Waals surface area (Å²) in [7, 11) is 0. The maximum absolute atomic E-state index is 5.85. The van der Waals surface area contributed by atoms with Crippen molar-refractivity contribution >= 4 is 0 Å². The van der Waals surface area contributed by atoms with Crippen LogP contribution in [0.2, 0.25) is 0 Å². The Labute approximate surface area is 100 Å². The molecule has 0 amide bonds. The molecule has 3 nitrogen and oxygen atoms in total. The van der Waals surface area contributed by atoms with Gasteiger partial charge in [0.1, 0.15) is 0 Å². The molecule has 1 heterocycles. The number of hydrogen-bond acceptors (Lipinski definition) is 3. The van der Waals surface area contributed by atoms with Crippen LogP contribution in [0.5, 0.6) is 0 Å². The largest absolute Gasteiger partial charge is 0.373 e. The Morgan fingerprint density at radius 1 is 1.25 bits per heavy atom. The lowest BCUT2D eigenvalue weighted by Crippen LogP contribution is -2.47. The Hall–Kier alpha value is -0.120. The second-order valence-corrected chi connectivity index (χ2v) is 5.71. The van der Waals surface area contributed by atoms with Gasteiger partial charge in [0.2, 0.25) is 0 Å². The lowest BCUT2D eigenvalue weighted by atomic mass is 9.96. The highest BCUT2D eigenvalue weighted by atomic mass is 16.5. The fourth-order valence-electron chi connectivity index (χ4n) is 2.71. The van der Waals surface area contributed by atoms with Gasteiger partial charge in [-0.3, -0.25) is 4.90 Å². The van der Waals surface area contributed by atoms with Crippen LogP contribution in [0.4, 0.5) is 0 Å². The molecule has 2 N–H and O–H groups in total. The molecule has 0 aromatic heterocycles. The summed E-state index contributed by atoms with van der Waals surface area (Å²) in [5, 5.41) is 0. The molecule has 1 rings (SSSR count). The normalized spacial score (nSPS) is 29.6. The average molecular weight is 228 g/mol. The van der Waals surface area contributed by atoms with Crippen molar-refractivity contribution in [3.05, 3.63) is 0 Å². The monoisotopic (exact) mass is 228 g/mol. The highest BCUT2D eigenvalue weighted by Gasteiger charge is 2.24. The predicted octanol–water partition coefficient (Wildman–Crippen LogP) is 1.72. The van der Waals surface area contributed by atoms with Gasteiger partial charge in [0.05, 0.1) is 12.2 Å². The van der Waals surface area contributed by atoms with E-state index in [0.29, 0.717) is 18.1 Å². The summed E-state index contributed by atoms with van der Waals surface area (Å²) in [6.45, 7) is 12.9. The Kier molecular flexibility index (Phi) is 5.73. The second-order valence-electron chi connectivity index (χ2n) is 5.71. The molecule has 0 aromatic carbocycles. The van der Waals surface area contributed by atoms with Crippen molar-refractivity contribution in [2.24, 2.45) is 17.6 Å². The maximum atomic E-state index is 5.85. The first-order valence-corrected chi connectivity index (χ1v) is 6.59. The van der Waals surface area contributed by atoms with Gasteiger partial charge in [0.25, 0.3) is 0 Å². The zero-order valence-corrected chi connectivity index (χ0v) is 11.3. The van der Waals surface area contributed by atoms with Crippen LogP contribution in [0.25, 0.3) is 0 Å². The highest BCUT2D eigenvalue weighted by molar-refractivity contribution is 4.76. The van der Waals surface area contributed by atoms with Crippen LogP contribution in [0.15, 0.2) is 0 Å². The number of nitrogens with zero attached hydrogens (tertiary/aromatic N) is 1. The molecule has 3 heteroatoms. The minimum Gasteiger partial charge on any atom is -0.373 e. The summed E-state index contributed by atoms with van der Waals surface area (Å²) in [4.78, 5) is 2.51.